The van der Waals surface area contributed by atoms with Crippen LogP contribution in [0.15, 0.2) is 188 Å². The summed E-state index contributed by atoms with van der Waals surface area (Å²) in [5.41, 5.74) is 16.7. The van der Waals surface area contributed by atoms with Crippen molar-refractivity contribution in [2.24, 2.45) is 5.73 Å². The number of hydrogen-bond donors (Lipinski definition) is 2. The fourth-order valence-corrected chi connectivity index (χ4v) is 9.14. The van der Waals surface area contributed by atoms with Gasteiger partial charge in [0.2, 0.25) is 0 Å². The topological polar surface area (TPSA) is 49.9 Å². The molecule has 4 heteroatoms. The molecule has 0 unspecified atom stereocenters. The summed E-state index contributed by atoms with van der Waals surface area (Å²) in [7, 11) is 0. The SMILES string of the molecule is Cc1ccc2sc3cccc(C=N)c3c2c1.Cc1cccc(-c2ccc3sc4c(c3c2)C=CC=CC4)c1.NCc1ccccc1.c1ccc(-c2ccccc2)cc1. The zero-order chi connectivity index (χ0) is 39.4. The Morgan fingerprint density at radius 2 is 1.16 bits per heavy atom. The largest absolute Gasteiger partial charge is 0.326 e. The van der Waals surface area contributed by atoms with Crippen molar-refractivity contribution in [3.63, 3.8) is 0 Å². The zero-order valence-corrected chi connectivity index (χ0v) is 34.0. The van der Waals surface area contributed by atoms with E-state index in [-0.39, 0.29) is 0 Å². The van der Waals surface area contributed by atoms with Gasteiger partial charge in [-0.3, -0.25) is 0 Å². The van der Waals surface area contributed by atoms with Crippen LogP contribution in [-0.4, -0.2) is 6.21 Å². The van der Waals surface area contributed by atoms with Crippen LogP contribution in [0.3, 0.4) is 0 Å². The van der Waals surface area contributed by atoms with Crippen molar-refractivity contribution in [3.8, 4) is 22.3 Å². The third-order valence-electron chi connectivity index (χ3n) is 9.77. The van der Waals surface area contributed by atoms with Crippen molar-refractivity contribution >= 4 is 65.2 Å². The van der Waals surface area contributed by atoms with Crippen LogP contribution in [0.4, 0.5) is 0 Å². The summed E-state index contributed by atoms with van der Waals surface area (Å²) < 4.78 is 3.95. The molecule has 0 atom stereocenters. The molecule has 10 rings (SSSR count). The van der Waals surface area contributed by atoms with Crippen LogP contribution in [0.1, 0.15) is 32.7 Å². The first kappa shape index (κ1) is 39.1. The van der Waals surface area contributed by atoms with Gasteiger partial charge in [-0.25, -0.2) is 0 Å². The second-order valence-electron chi connectivity index (χ2n) is 13.9. The standard InChI is InChI=1S/C20H16S.C14H11NS.C12H10.C7H9N/c1-14-6-5-7-15(12-14)16-10-11-20-18(13-16)17-8-3-2-4-9-19(17)21-20;1-9-5-6-12-11(7-9)14-10(8-15)3-2-4-13(14)16-12;1-3-7-11(8-4-1)12-9-5-2-6-10-12;8-6-7-4-2-1-3-5-7/h2-8,10-13H,9H2,1H3;2-8,15H,1H3;1-10H;1-5H,6,8H2. The van der Waals surface area contributed by atoms with E-state index in [2.05, 4.69) is 153 Å². The molecule has 0 saturated carbocycles. The maximum Gasteiger partial charge on any atom is 0.0361 e. The minimum Gasteiger partial charge on any atom is -0.326 e. The number of rotatable bonds is 4. The van der Waals surface area contributed by atoms with E-state index in [0.717, 1.165) is 12.0 Å². The van der Waals surface area contributed by atoms with Gasteiger partial charge in [0.05, 0.1) is 0 Å². The number of aryl methyl sites for hydroxylation is 2. The number of hydrogen-bond acceptors (Lipinski definition) is 4. The first-order valence-electron chi connectivity index (χ1n) is 19.2. The van der Waals surface area contributed by atoms with Gasteiger partial charge in [-0.05, 0) is 77.6 Å². The fraction of sp³-hybridized carbons (Fsp3) is 0.0755. The van der Waals surface area contributed by atoms with E-state index in [0.29, 0.717) is 6.54 Å². The molecule has 0 radical (unpaired) electrons. The van der Waals surface area contributed by atoms with Crippen LogP contribution in [0.2, 0.25) is 0 Å². The van der Waals surface area contributed by atoms with Gasteiger partial charge in [-0.1, -0.05) is 175 Å². The third-order valence-corrected chi connectivity index (χ3v) is 12.1. The summed E-state index contributed by atoms with van der Waals surface area (Å²) in [6.45, 7) is 4.89. The second-order valence-corrected chi connectivity index (χ2v) is 16.1. The van der Waals surface area contributed by atoms with Crippen LogP contribution in [0, 0.1) is 19.3 Å². The van der Waals surface area contributed by atoms with E-state index in [9.17, 15) is 0 Å². The predicted octanol–water partition coefficient (Wildman–Crippen LogP) is 14.9. The molecular weight excluding hydrogens is 729 g/mol. The second kappa shape index (κ2) is 19.1. The number of fused-ring (bicyclic) bond motifs is 6. The monoisotopic (exact) mass is 774 g/mol. The van der Waals surface area contributed by atoms with Crippen LogP contribution in [-0.2, 0) is 13.0 Å². The number of nitrogens with one attached hydrogen (secondary N) is 1. The van der Waals surface area contributed by atoms with Crippen molar-refractivity contribution in [2.45, 2.75) is 26.8 Å². The molecule has 7 aromatic carbocycles. The molecule has 57 heavy (non-hydrogen) atoms. The van der Waals surface area contributed by atoms with Gasteiger partial charge >= 0.3 is 0 Å². The summed E-state index contributed by atoms with van der Waals surface area (Å²) in [5, 5.41) is 11.4. The molecule has 2 heterocycles. The molecule has 0 saturated heterocycles. The summed E-state index contributed by atoms with van der Waals surface area (Å²) >= 11 is 3.71. The third kappa shape index (κ3) is 9.80. The number of thiophene rings is 2. The minimum atomic E-state index is 0.640. The fourth-order valence-electron chi connectivity index (χ4n) is 6.87. The van der Waals surface area contributed by atoms with Gasteiger partial charge in [0.15, 0.2) is 0 Å². The maximum atomic E-state index is 7.47. The Morgan fingerprint density at radius 1 is 0.544 bits per heavy atom. The molecule has 2 nitrogen and oxygen atoms in total. The lowest BCUT2D eigenvalue weighted by molar-refractivity contribution is 1.07. The van der Waals surface area contributed by atoms with Crippen LogP contribution >= 0.6 is 22.7 Å². The molecule has 0 aliphatic heterocycles. The molecule has 0 spiro atoms. The Labute approximate surface area is 344 Å². The zero-order valence-electron chi connectivity index (χ0n) is 32.4. The highest BCUT2D eigenvalue weighted by atomic mass is 32.1. The summed E-state index contributed by atoms with van der Waals surface area (Å²) in [6.07, 6.45) is 11.3. The lowest BCUT2D eigenvalue weighted by Gasteiger charge is -2.04. The highest BCUT2D eigenvalue weighted by Crippen LogP contribution is 2.37. The predicted molar refractivity (Wildman–Crippen MR) is 252 cm³/mol. The average Bonchev–Trinajstić information content (AvgIpc) is 3.72. The summed E-state index contributed by atoms with van der Waals surface area (Å²) in [4.78, 5) is 1.47. The first-order valence-corrected chi connectivity index (χ1v) is 20.9. The van der Waals surface area contributed by atoms with Gasteiger partial charge in [0, 0.05) is 59.9 Å². The van der Waals surface area contributed by atoms with E-state index < -0.39 is 0 Å². The molecule has 9 aromatic rings. The highest BCUT2D eigenvalue weighted by molar-refractivity contribution is 7.25. The van der Waals surface area contributed by atoms with Crippen molar-refractivity contribution < 1.29 is 0 Å². The molecule has 0 amide bonds. The summed E-state index contributed by atoms with van der Waals surface area (Å²) in [5.74, 6) is 0. The molecule has 0 fully saturated rings. The smallest absolute Gasteiger partial charge is 0.0361 e. The van der Waals surface area contributed by atoms with E-state index in [1.165, 1.54) is 85.9 Å². The van der Waals surface area contributed by atoms with Gasteiger partial charge in [-0.15, -0.1) is 22.7 Å². The van der Waals surface area contributed by atoms with Crippen LogP contribution in [0.25, 0.3) is 58.6 Å². The molecule has 280 valence electrons. The van der Waals surface area contributed by atoms with Gasteiger partial charge in [-0.2, -0.15) is 0 Å². The normalized spacial score (nSPS) is 11.4. The molecular formula is C53H46N2S2. The van der Waals surface area contributed by atoms with Crippen molar-refractivity contribution in [1.29, 1.82) is 5.41 Å². The van der Waals surface area contributed by atoms with E-state index in [4.69, 9.17) is 11.1 Å². The molecule has 3 N–H and O–H groups in total. The Bertz CT molecular complexity index is 2740. The maximum absolute atomic E-state index is 7.47. The lowest BCUT2D eigenvalue weighted by Crippen LogP contribution is -1.94. The number of allylic oxidation sites excluding steroid dienone is 3. The van der Waals surface area contributed by atoms with Crippen molar-refractivity contribution in [1.82, 2.24) is 0 Å². The lowest BCUT2D eigenvalue weighted by atomic mass is 10.0. The van der Waals surface area contributed by atoms with Crippen molar-refractivity contribution in [3.05, 3.63) is 221 Å². The minimum absolute atomic E-state index is 0.640. The molecule has 1 aliphatic rings. The summed E-state index contributed by atoms with van der Waals surface area (Å²) in [6, 6.07) is 59.0. The quantitative estimate of drug-likeness (QED) is 0.172. The first-order chi connectivity index (χ1) is 28.0. The van der Waals surface area contributed by atoms with Crippen LogP contribution < -0.4 is 5.73 Å². The highest BCUT2D eigenvalue weighted by Gasteiger charge is 2.12. The Hall–Kier alpha value is -6.17. The van der Waals surface area contributed by atoms with Gasteiger partial charge in [0.1, 0.15) is 0 Å². The Kier molecular flexibility index (Phi) is 13.1. The Balaban J connectivity index is 0.000000123. The van der Waals surface area contributed by atoms with E-state index >= 15 is 0 Å². The molecule has 1 aliphatic carbocycles. The Morgan fingerprint density at radius 3 is 1.82 bits per heavy atom. The average molecular weight is 775 g/mol. The van der Waals surface area contributed by atoms with Crippen LogP contribution in [0.5, 0.6) is 0 Å². The van der Waals surface area contributed by atoms with E-state index in [1.807, 2.05) is 65.9 Å². The van der Waals surface area contributed by atoms with Crippen molar-refractivity contribution in [2.75, 3.05) is 0 Å². The molecule has 0 bridgehead atoms. The van der Waals surface area contributed by atoms with E-state index in [1.54, 1.807) is 11.3 Å². The molecule has 2 aromatic heterocycles. The van der Waals surface area contributed by atoms with Gasteiger partial charge < -0.3 is 11.1 Å². The number of benzene rings is 7. The number of nitrogens with two attached hydrogens (primary N) is 1. The van der Waals surface area contributed by atoms with Gasteiger partial charge in [0.25, 0.3) is 0 Å².